The van der Waals surface area contributed by atoms with Crippen LogP contribution in [-0.4, -0.2) is 26.9 Å². The Morgan fingerprint density at radius 1 is 0.833 bits per heavy atom. The van der Waals surface area contributed by atoms with Gasteiger partial charge in [-0.3, -0.25) is 0 Å². The van der Waals surface area contributed by atoms with E-state index >= 15 is 0 Å². The standard InChI is InChI=1S/C6H14.2C5H12O/c1-4-6(3)5-2;1-3-4-5-6-2;1-3-5-6-4-2/h6H,4-5H2,1-3H3;2*3-5H2,1-2H3. The van der Waals surface area contributed by atoms with Crippen LogP contribution in [0.2, 0.25) is 0 Å². The average molecular weight is 262 g/mol. The van der Waals surface area contributed by atoms with Gasteiger partial charge in [0.25, 0.3) is 0 Å². The Balaban J connectivity index is -0.000000187. The van der Waals surface area contributed by atoms with Gasteiger partial charge in [0.05, 0.1) is 0 Å². The summed E-state index contributed by atoms with van der Waals surface area (Å²) in [5.74, 6) is 0.935. The largest absolute Gasteiger partial charge is 0.385 e. The Kier molecular flexibility index (Phi) is 32.9. The van der Waals surface area contributed by atoms with Crippen molar-refractivity contribution in [2.45, 2.75) is 73.6 Å². The van der Waals surface area contributed by atoms with Crippen molar-refractivity contribution in [1.82, 2.24) is 0 Å². The van der Waals surface area contributed by atoms with Crippen molar-refractivity contribution in [3.63, 3.8) is 0 Å². The monoisotopic (exact) mass is 262 g/mol. The minimum atomic E-state index is 0.855. The zero-order valence-corrected chi connectivity index (χ0v) is 14.1. The fraction of sp³-hybridized carbons (Fsp3) is 1.00. The van der Waals surface area contributed by atoms with E-state index in [4.69, 9.17) is 9.47 Å². The molecular weight excluding hydrogens is 224 g/mol. The molecule has 0 aromatic rings. The number of rotatable bonds is 8. The maximum Gasteiger partial charge on any atom is 0.0463 e. The van der Waals surface area contributed by atoms with Crippen LogP contribution in [-0.2, 0) is 9.47 Å². The summed E-state index contributed by atoms with van der Waals surface area (Å²) in [6.45, 7) is 15.7. The molecule has 0 N–H and O–H groups in total. The Bertz CT molecular complexity index is 85.3. The molecule has 0 atom stereocenters. The number of hydrogen-bond donors (Lipinski definition) is 0. The van der Waals surface area contributed by atoms with Crippen LogP contribution in [0.4, 0.5) is 0 Å². The Morgan fingerprint density at radius 2 is 1.39 bits per heavy atom. The zero-order valence-electron chi connectivity index (χ0n) is 14.1. The van der Waals surface area contributed by atoms with Gasteiger partial charge in [-0.2, -0.15) is 0 Å². The molecule has 0 heterocycles. The van der Waals surface area contributed by atoms with E-state index in [9.17, 15) is 0 Å². The lowest BCUT2D eigenvalue weighted by molar-refractivity contribution is 0.148. The predicted molar refractivity (Wildman–Crippen MR) is 83.3 cm³/mol. The van der Waals surface area contributed by atoms with Gasteiger partial charge in [-0.05, 0) is 25.7 Å². The van der Waals surface area contributed by atoms with E-state index in [0.717, 1.165) is 32.2 Å². The molecule has 0 aliphatic heterocycles. The molecule has 0 fully saturated rings. The molecule has 0 saturated heterocycles. The molecule has 0 radical (unpaired) electrons. The lowest BCUT2D eigenvalue weighted by Gasteiger charge is -1.98. The third-order valence-corrected chi connectivity index (χ3v) is 2.65. The lowest BCUT2D eigenvalue weighted by atomic mass is 10.1. The molecule has 0 rings (SSSR count). The van der Waals surface area contributed by atoms with E-state index in [1.54, 1.807) is 7.11 Å². The second-order valence-electron chi connectivity index (χ2n) is 4.46. The summed E-state index contributed by atoms with van der Waals surface area (Å²) in [5, 5.41) is 0. The third-order valence-electron chi connectivity index (χ3n) is 2.65. The van der Waals surface area contributed by atoms with Crippen LogP contribution >= 0.6 is 0 Å². The van der Waals surface area contributed by atoms with E-state index < -0.39 is 0 Å². The number of methoxy groups -OCH3 is 1. The van der Waals surface area contributed by atoms with Crippen molar-refractivity contribution in [3.05, 3.63) is 0 Å². The molecule has 0 aromatic carbocycles. The van der Waals surface area contributed by atoms with Crippen molar-refractivity contribution < 1.29 is 9.47 Å². The van der Waals surface area contributed by atoms with Crippen LogP contribution in [0.15, 0.2) is 0 Å². The summed E-state index contributed by atoms with van der Waals surface area (Å²) >= 11 is 0. The van der Waals surface area contributed by atoms with Crippen molar-refractivity contribution >= 4 is 0 Å². The van der Waals surface area contributed by atoms with Gasteiger partial charge in [0.15, 0.2) is 0 Å². The molecule has 114 valence electrons. The molecule has 0 saturated carbocycles. The van der Waals surface area contributed by atoms with Crippen molar-refractivity contribution in [2.75, 3.05) is 26.9 Å². The van der Waals surface area contributed by atoms with E-state index in [1.165, 1.54) is 25.7 Å². The molecule has 0 aliphatic rings. The van der Waals surface area contributed by atoms with E-state index in [2.05, 4.69) is 34.6 Å². The lowest BCUT2D eigenvalue weighted by Crippen LogP contribution is -1.88. The van der Waals surface area contributed by atoms with Gasteiger partial charge >= 0.3 is 0 Å². The highest BCUT2D eigenvalue weighted by Crippen LogP contribution is 2.02. The summed E-state index contributed by atoms with van der Waals surface area (Å²) in [4.78, 5) is 0. The van der Waals surface area contributed by atoms with E-state index in [1.807, 2.05) is 6.92 Å². The first-order valence-corrected chi connectivity index (χ1v) is 7.70. The van der Waals surface area contributed by atoms with Gasteiger partial charge in [0, 0.05) is 26.9 Å². The smallest absolute Gasteiger partial charge is 0.0463 e. The van der Waals surface area contributed by atoms with Gasteiger partial charge < -0.3 is 9.47 Å². The summed E-state index contributed by atoms with van der Waals surface area (Å²) in [7, 11) is 1.73. The highest BCUT2D eigenvalue weighted by molar-refractivity contribution is 4.41. The second-order valence-corrected chi connectivity index (χ2v) is 4.46. The fourth-order valence-corrected chi connectivity index (χ4v) is 0.866. The minimum Gasteiger partial charge on any atom is -0.385 e. The molecule has 0 aliphatic carbocycles. The minimum absolute atomic E-state index is 0.855. The Morgan fingerprint density at radius 3 is 1.50 bits per heavy atom. The molecule has 18 heavy (non-hydrogen) atoms. The molecule has 2 heteroatoms. The summed E-state index contributed by atoms with van der Waals surface area (Å²) in [5.41, 5.74) is 0. The maximum atomic E-state index is 4.98. The molecule has 0 spiro atoms. The Hall–Kier alpha value is -0.0800. The van der Waals surface area contributed by atoms with Gasteiger partial charge in [0.1, 0.15) is 0 Å². The average Bonchev–Trinajstić information content (AvgIpc) is 2.43. The number of unbranched alkanes of at least 4 members (excludes halogenated alkanes) is 1. The third kappa shape index (κ3) is 36.0. The van der Waals surface area contributed by atoms with Crippen molar-refractivity contribution in [3.8, 4) is 0 Å². The quantitative estimate of drug-likeness (QED) is 0.552. The predicted octanol–water partition coefficient (Wildman–Crippen LogP) is 5.31. The summed E-state index contributed by atoms with van der Waals surface area (Å²) < 4.78 is 9.76. The highest BCUT2D eigenvalue weighted by atomic mass is 16.5. The van der Waals surface area contributed by atoms with Gasteiger partial charge in [-0.1, -0.05) is 53.9 Å². The molecule has 0 aromatic heterocycles. The fourth-order valence-electron chi connectivity index (χ4n) is 0.866. The summed E-state index contributed by atoms with van der Waals surface area (Å²) in [6.07, 6.45) is 6.21. The molecular formula is C16H38O2. The van der Waals surface area contributed by atoms with E-state index in [0.29, 0.717) is 0 Å². The van der Waals surface area contributed by atoms with Gasteiger partial charge in [0.2, 0.25) is 0 Å². The normalized spacial score (nSPS) is 9.33. The van der Waals surface area contributed by atoms with Crippen LogP contribution in [0, 0.1) is 5.92 Å². The maximum absolute atomic E-state index is 4.98. The van der Waals surface area contributed by atoms with E-state index in [-0.39, 0.29) is 0 Å². The zero-order chi connectivity index (χ0) is 14.6. The molecule has 0 unspecified atom stereocenters. The second kappa shape index (κ2) is 25.7. The van der Waals surface area contributed by atoms with Gasteiger partial charge in [-0.25, -0.2) is 0 Å². The SMILES string of the molecule is CCC(C)CC.CCCCOC.CCCOCC. The number of hydrogen-bond acceptors (Lipinski definition) is 2. The topological polar surface area (TPSA) is 18.5 Å². The first-order valence-electron chi connectivity index (χ1n) is 7.70. The van der Waals surface area contributed by atoms with Crippen LogP contribution < -0.4 is 0 Å². The first kappa shape index (κ1) is 23.0. The van der Waals surface area contributed by atoms with Gasteiger partial charge in [-0.15, -0.1) is 0 Å². The van der Waals surface area contributed by atoms with Crippen LogP contribution in [0.25, 0.3) is 0 Å². The number of ether oxygens (including phenoxy) is 2. The Labute approximate surface area is 116 Å². The molecule has 0 bridgehead atoms. The molecule has 0 amide bonds. The van der Waals surface area contributed by atoms with Crippen molar-refractivity contribution in [2.24, 2.45) is 5.92 Å². The summed E-state index contributed by atoms with van der Waals surface area (Å²) in [6, 6.07) is 0. The highest BCUT2D eigenvalue weighted by Gasteiger charge is 1.88. The molecule has 2 nitrogen and oxygen atoms in total. The van der Waals surface area contributed by atoms with Crippen LogP contribution in [0.5, 0.6) is 0 Å². The first-order chi connectivity index (χ1) is 8.64. The van der Waals surface area contributed by atoms with Crippen LogP contribution in [0.3, 0.4) is 0 Å². The van der Waals surface area contributed by atoms with Crippen LogP contribution in [0.1, 0.15) is 73.6 Å². The van der Waals surface area contributed by atoms with Crippen molar-refractivity contribution in [1.29, 1.82) is 0 Å².